The van der Waals surface area contributed by atoms with Crippen LogP contribution < -0.4 is 0 Å². The smallest absolute Gasteiger partial charge is 0.452 e. The highest BCUT2D eigenvalue weighted by atomic mass is 79.9. The average molecular weight is 230 g/mol. The first-order valence-electron chi connectivity index (χ1n) is 2.80. The third kappa shape index (κ3) is 3.66. The Balaban J connectivity index is 4.07. The van der Waals surface area contributed by atoms with Gasteiger partial charge in [-0.1, -0.05) is 15.9 Å². The largest absolute Gasteiger partial charge is 0.475 e. The van der Waals surface area contributed by atoms with Gasteiger partial charge in [-0.05, 0) is 11.1 Å². The lowest BCUT2D eigenvalue weighted by atomic mass is 10.4. The molecule has 0 radical (unpaired) electrons. The van der Waals surface area contributed by atoms with Crippen LogP contribution in [0.5, 0.6) is 0 Å². The van der Waals surface area contributed by atoms with Gasteiger partial charge >= 0.3 is 11.7 Å². The number of esters is 1. The number of nitriles is 1. The number of nitrogens with zero attached hydrogens (tertiary/aromatic N) is 3. The van der Waals surface area contributed by atoms with Gasteiger partial charge in [-0.15, -0.1) is 4.79 Å². The van der Waals surface area contributed by atoms with E-state index < -0.39 is 11.7 Å². The fourth-order valence-electron chi connectivity index (χ4n) is 0.337. The van der Waals surface area contributed by atoms with Crippen molar-refractivity contribution in [2.24, 2.45) is 0 Å². The molecule has 0 heterocycles. The number of halogens is 1. The summed E-state index contributed by atoms with van der Waals surface area (Å²) < 4.78 is 4.46. The van der Waals surface area contributed by atoms with Crippen molar-refractivity contribution in [3.05, 3.63) is 16.6 Å². The van der Waals surface area contributed by atoms with Gasteiger partial charge in [0.05, 0.1) is 0 Å². The molecule has 0 unspecified atom stereocenters. The van der Waals surface area contributed by atoms with Crippen molar-refractivity contribution in [1.29, 1.82) is 5.26 Å². The molecule has 0 fully saturated rings. The predicted octanol–water partition coefficient (Wildman–Crippen LogP) is 0.633. The molecule has 0 aliphatic rings. The molecule has 0 amide bonds. The first-order valence-corrected chi connectivity index (χ1v) is 3.72. The lowest BCUT2D eigenvalue weighted by molar-refractivity contribution is -0.138. The number of carbonyl (C=O) groups excluding carboxylic acids is 1. The monoisotopic (exact) mass is 229 g/mol. The standard InChI is InChI=1S/C6H4BrN3O2/c7-2-1-3-12-6(11)5(4-8)10-9/h1-2H,3H2/b2-1-. The Morgan fingerprint density at radius 2 is 2.50 bits per heavy atom. The summed E-state index contributed by atoms with van der Waals surface area (Å²) in [4.78, 5) is 14.6. The van der Waals surface area contributed by atoms with Crippen LogP contribution in [0.2, 0.25) is 0 Å². The minimum Gasteiger partial charge on any atom is -0.452 e. The van der Waals surface area contributed by atoms with Crippen LogP contribution in [0.25, 0.3) is 5.53 Å². The topological polar surface area (TPSA) is 86.5 Å². The molecule has 5 nitrogen and oxygen atoms in total. The first-order chi connectivity index (χ1) is 5.76. The zero-order chi connectivity index (χ0) is 9.40. The van der Waals surface area contributed by atoms with Crippen LogP contribution in [0.15, 0.2) is 11.1 Å². The summed E-state index contributed by atoms with van der Waals surface area (Å²) in [6.45, 7) is 0.0186. The van der Waals surface area contributed by atoms with Crippen molar-refractivity contribution in [2.45, 2.75) is 0 Å². The third-order valence-electron chi connectivity index (χ3n) is 0.799. The molecular weight excluding hydrogens is 226 g/mol. The molecule has 0 rings (SSSR count). The highest BCUT2D eigenvalue weighted by Gasteiger charge is 2.20. The van der Waals surface area contributed by atoms with E-state index in [0.29, 0.717) is 0 Å². The second kappa shape index (κ2) is 6.28. The maximum absolute atomic E-state index is 10.7. The molecule has 0 N–H and O–H groups in total. The summed E-state index contributed by atoms with van der Waals surface area (Å²) in [6.07, 6.45) is 1.50. The molecule has 0 saturated heterocycles. The van der Waals surface area contributed by atoms with Crippen LogP contribution in [-0.2, 0) is 9.53 Å². The van der Waals surface area contributed by atoms with Gasteiger partial charge in [0.2, 0.25) is 0 Å². The Labute approximate surface area is 77.0 Å². The average Bonchev–Trinajstić information content (AvgIpc) is 2.07. The fraction of sp³-hybridized carbons (Fsp3) is 0.167. The molecule has 0 bridgehead atoms. The van der Waals surface area contributed by atoms with Crippen LogP contribution in [-0.4, -0.2) is 23.1 Å². The van der Waals surface area contributed by atoms with Crippen LogP contribution in [0, 0.1) is 11.3 Å². The van der Waals surface area contributed by atoms with Crippen molar-refractivity contribution < 1.29 is 14.3 Å². The van der Waals surface area contributed by atoms with Crippen molar-refractivity contribution in [3.8, 4) is 6.07 Å². The molecule has 62 valence electrons. The molecule has 12 heavy (non-hydrogen) atoms. The SMILES string of the molecule is N#CC(=[N+]=[N-])C(=O)OC/C=C\Br. The van der Waals surface area contributed by atoms with E-state index in [2.05, 4.69) is 25.5 Å². The number of hydrogen-bond donors (Lipinski definition) is 0. The Kier molecular flexibility index (Phi) is 5.53. The summed E-state index contributed by atoms with van der Waals surface area (Å²) >= 11 is 2.95. The van der Waals surface area contributed by atoms with Crippen LogP contribution in [0.3, 0.4) is 0 Å². The van der Waals surface area contributed by atoms with Crippen molar-refractivity contribution >= 4 is 27.6 Å². The van der Waals surface area contributed by atoms with E-state index in [0.717, 1.165) is 0 Å². The molecule has 0 aliphatic heterocycles. The number of carbonyl (C=O) groups is 1. The van der Waals surface area contributed by atoms with E-state index >= 15 is 0 Å². The minimum atomic E-state index is -0.953. The first kappa shape index (κ1) is 10.6. The highest BCUT2D eigenvalue weighted by molar-refractivity contribution is 9.11. The van der Waals surface area contributed by atoms with Crippen LogP contribution >= 0.6 is 15.9 Å². The lowest BCUT2D eigenvalue weighted by Gasteiger charge is -1.91. The molecule has 0 aromatic heterocycles. The summed E-state index contributed by atoms with van der Waals surface area (Å²) in [5.41, 5.74) is 7.42. The Morgan fingerprint density at radius 3 is 2.92 bits per heavy atom. The number of rotatable bonds is 3. The van der Waals surface area contributed by atoms with Gasteiger partial charge in [0, 0.05) is 0 Å². The van der Waals surface area contributed by atoms with Crippen molar-refractivity contribution in [2.75, 3.05) is 6.61 Å². The van der Waals surface area contributed by atoms with E-state index in [9.17, 15) is 4.79 Å². The lowest BCUT2D eigenvalue weighted by Crippen LogP contribution is -2.16. The van der Waals surface area contributed by atoms with Gasteiger partial charge in [-0.25, -0.2) is 4.79 Å². The van der Waals surface area contributed by atoms with E-state index in [1.807, 2.05) is 0 Å². The predicted molar refractivity (Wildman–Crippen MR) is 43.3 cm³/mol. The maximum Gasteiger partial charge on any atom is 0.475 e. The molecule has 0 spiro atoms. The van der Waals surface area contributed by atoms with Crippen molar-refractivity contribution in [1.82, 2.24) is 0 Å². The van der Waals surface area contributed by atoms with Gasteiger partial charge in [-0.3, -0.25) is 0 Å². The van der Waals surface area contributed by atoms with Gasteiger partial charge in [0.25, 0.3) is 0 Å². The molecule has 0 aliphatic carbocycles. The van der Waals surface area contributed by atoms with E-state index in [1.54, 1.807) is 0 Å². The fourth-order valence-corrected chi connectivity index (χ4v) is 0.490. The molecular formula is C6H4BrN3O2. The summed E-state index contributed by atoms with van der Waals surface area (Å²) in [5.74, 6) is -0.953. The summed E-state index contributed by atoms with van der Waals surface area (Å²) in [5, 5.41) is 8.18. The van der Waals surface area contributed by atoms with Gasteiger partial charge in [-0.2, -0.15) is 5.26 Å². The number of hydrogen-bond acceptors (Lipinski definition) is 3. The zero-order valence-corrected chi connectivity index (χ0v) is 7.48. The van der Waals surface area contributed by atoms with E-state index in [-0.39, 0.29) is 6.61 Å². The third-order valence-corrected chi connectivity index (χ3v) is 1.17. The molecule has 6 heteroatoms. The summed E-state index contributed by atoms with van der Waals surface area (Å²) in [7, 11) is 0. The van der Waals surface area contributed by atoms with Gasteiger partial charge in [0.15, 0.2) is 6.07 Å². The molecule has 0 aromatic carbocycles. The molecule has 0 saturated carbocycles. The number of ether oxygens (including phenoxy) is 1. The van der Waals surface area contributed by atoms with Crippen LogP contribution in [0.1, 0.15) is 0 Å². The van der Waals surface area contributed by atoms with Gasteiger partial charge in [0.1, 0.15) is 6.61 Å². The normalized spacial score (nSPS) is 8.67. The minimum absolute atomic E-state index is 0.0186. The Hall–Kier alpha value is -1.44. The molecule has 0 atom stereocenters. The molecule has 0 aromatic rings. The second-order valence-corrected chi connectivity index (χ2v) is 2.05. The quantitative estimate of drug-likeness (QED) is 0.308. The van der Waals surface area contributed by atoms with Crippen molar-refractivity contribution in [3.63, 3.8) is 0 Å². The summed E-state index contributed by atoms with van der Waals surface area (Å²) in [6, 6.07) is 1.37. The Bertz CT molecular complexity index is 286. The van der Waals surface area contributed by atoms with Crippen LogP contribution in [0.4, 0.5) is 0 Å². The second-order valence-electron chi connectivity index (χ2n) is 1.52. The Morgan fingerprint density at radius 1 is 1.83 bits per heavy atom. The highest BCUT2D eigenvalue weighted by Crippen LogP contribution is 1.85. The van der Waals surface area contributed by atoms with E-state index in [1.165, 1.54) is 17.1 Å². The zero-order valence-electron chi connectivity index (χ0n) is 5.90. The maximum atomic E-state index is 10.7. The van der Waals surface area contributed by atoms with E-state index in [4.69, 9.17) is 10.8 Å². The van der Waals surface area contributed by atoms with Gasteiger partial charge < -0.3 is 10.3 Å².